The van der Waals surface area contributed by atoms with Crippen molar-refractivity contribution >= 4 is 29.8 Å². The van der Waals surface area contributed by atoms with E-state index in [4.69, 9.17) is 9.31 Å². The summed E-state index contributed by atoms with van der Waals surface area (Å²) in [7, 11) is -0.891. The molecule has 1 aliphatic heterocycles. The fraction of sp³-hybridized carbons (Fsp3) is 0.226. The molecule has 4 aromatic rings. The maximum absolute atomic E-state index is 13.1. The second-order valence-corrected chi connectivity index (χ2v) is 10.3. The lowest BCUT2D eigenvalue weighted by Crippen LogP contribution is -2.54. The Balaban J connectivity index is 1.41. The number of nitrogens with one attached hydrogen (secondary N) is 2. The van der Waals surface area contributed by atoms with Gasteiger partial charge < -0.3 is 19.9 Å². The van der Waals surface area contributed by atoms with Gasteiger partial charge in [0.2, 0.25) is 0 Å². The van der Waals surface area contributed by atoms with Crippen molar-refractivity contribution in [1.82, 2.24) is 20.6 Å². The number of carbonyl (C=O) groups is 2. The number of hydrogen-bond acceptors (Lipinski definition) is 7. The lowest BCUT2D eigenvalue weighted by molar-refractivity contribution is 0.0669. The number of fused-ring (bicyclic) bond motifs is 3. The van der Waals surface area contributed by atoms with Crippen LogP contribution in [-0.4, -0.2) is 40.9 Å². The van der Waals surface area contributed by atoms with Gasteiger partial charge >= 0.3 is 13.1 Å². The Morgan fingerprint density at radius 2 is 1.75 bits per heavy atom. The second-order valence-electron chi connectivity index (χ2n) is 10.3. The lowest BCUT2D eigenvalue weighted by Gasteiger charge is -2.32. The van der Waals surface area contributed by atoms with Crippen LogP contribution in [0.25, 0.3) is 10.8 Å². The molecule has 0 saturated heterocycles. The van der Waals surface area contributed by atoms with Crippen LogP contribution >= 0.6 is 0 Å². The third-order valence-electron chi connectivity index (χ3n) is 6.79. The van der Waals surface area contributed by atoms with Crippen molar-refractivity contribution in [3.8, 4) is 5.75 Å². The normalized spacial score (nSPS) is 14.1. The number of hydrogen-bond donors (Lipinski definition) is 2. The molecule has 2 N–H and O–H groups in total. The van der Waals surface area contributed by atoms with Crippen LogP contribution in [0.3, 0.4) is 0 Å². The molecule has 0 unspecified atom stereocenters. The van der Waals surface area contributed by atoms with Crippen LogP contribution in [0.5, 0.6) is 5.75 Å². The Morgan fingerprint density at radius 3 is 2.50 bits per heavy atom. The van der Waals surface area contributed by atoms with Crippen molar-refractivity contribution in [3.63, 3.8) is 0 Å². The van der Waals surface area contributed by atoms with E-state index in [0.717, 1.165) is 16.3 Å². The summed E-state index contributed by atoms with van der Waals surface area (Å²) in [6, 6.07) is 20.7. The molecule has 1 aromatic heterocycles. The van der Waals surface area contributed by atoms with Gasteiger partial charge in [0.1, 0.15) is 11.4 Å². The van der Waals surface area contributed by atoms with Gasteiger partial charge in [-0.3, -0.25) is 9.78 Å². The molecule has 0 bridgehead atoms. The summed E-state index contributed by atoms with van der Waals surface area (Å²) in [4.78, 5) is 34.2. The van der Waals surface area contributed by atoms with E-state index in [1.165, 1.54) is 18.6 Å². The molecule has 1 amide bonds. The van der Waals surface area contributed by atoms with Gasteiger partial charge in [0.15, 0.2) is 0 Å². The first kappa shape index (κ1) is 26.9. The number of carbonyl (C=O) groups excluding carboxylic acids is 2. The fourth-order valence-corrected chi connectivity index (χ4v) is 4.85. The van der Waals surface area contributed by atoms with E-state index in [2.05, 4.69) is 41.0 Å². The summed E-state index contributed by atoms with van der Waals surface area (Å²) in [6.07, 6.45) is 5.54. The molecule has 5 rings (SSSR count). The first-order chi connectivity index (χ1) is 19.4. The van der Waals surface area contributed by atoms with Crippen LogP contribution in [0.15, 0.2) is 97.6 Å². The Bertz CT molecular complexity index is 1510. The zero-order valence-corrected chi connectivity index (χ0v) is 22.5. The maximum Gasteiger partial charge on any atom is 0.620 e. The molecule has 0 radical (unpaired) electrons. The van der Waals surface area contributed by atoms with Gasteiger partial charge in [-0.2, -0.15) is 0 Å². The first-order valence-corrected chi connectivity index (χ1v) is 13.3. The van der Waals surface area contributed by atoms with Crippen LogP contribution in [0.1, 0.15) is 46.7 Å². The monoisotopic (exact) mass is 534 g/mol. The van der Waals surface area contributed by atoms with Crippen molar-refractivity contribution in [2.45, 2.75) is 38.7 Å². The molecule has 2 atom stereocenters. The van der Waals surface area contributed by atoms with Crippen LogP contribution in [-0.2, 0) is 11.1 Å². The van der Waals surface area contributed by atoms with Crippen LogP contribution in [0.2, 0.25) is 0 Å². The second kappa shape index (κ2) is 12.0. The highest BCUT2D eigenvalue weighted by molar-refractivity contribution is 6.51. The molecule has 0 aliphatic carbocycles. The SMILES string of the molecule is C=C(N[C@@H](CC(C)C)B1OC(=O)c2ccc3ccccc3c2O1)[C@H](Cc1ccccc1)NC(=O)c1cnccn1. The molecule has 40 heavy (non-hydrogen) atoms. The zero-order chi connectivity index (χ0) is 28.1. The molecule has 0 fully saturated rings. The minimum atomic E-state index is -0.891. The van der Waals surface area contributed by atoms with Crippen molar-refractivity contribution in [3.05, 3.63) is 114 Å². The quantitative estimate of drug-likeness (QED) is 0.283. The third-order valence-corrected chi connectivity index (χ3v) is 6.79. The molecule has 202 valence electrons. The molecule has 2 heterocycles. The Morgan fingerprint density at radius 1 is 0.975 bits per heavy atom. The molecule has 9 heteroatoms. The smallest absolute Gasteiger partial charge is 0.523 e. The highest BCUT2D eigenvalue weighted by Gasteiger charge is 2.42. The standard InChI is InChI=1S/C31H31BN4O4/c1-20(2)17-28(32-39-29-24-12-8-7-11-23(24)13-14-25(29)31(38)40-32)35-21(3)26(18-22-9-5-4-6-10-22)36-30(37)27-19-33-15-16-34-27/h4-16,19-20,26,28,35H,3,17-18H2,1-2H3,(H,36,37)/t26-,28-/m0/s1. The molecule has 8 nitrogen and oxygen atoms in total. The minimum absolute atomic E-state index is 0.208. The van der Waals surface area contributed by atoms with Gasteiger partial charge in [-0.05, 0) is 35.8 Å². The molecular formula is C31H31BN4O4. The van der Waals surface area contributed by atoms with E-state index < -0.39 is 25.1 Å². The number of amides is 1. The molecule has 0 spiro atoms. The lowest BCUT2D eigenvalue weighted by atomic mass is 9.72. The molecule has 0 saturated carbocycles. The summed E-state index contributed by atoms with van der Waals surface area (Å²) >= 11 is 0. The molecule has 1 aliphatic rings. The van der Waals surface area contributed by atoms with E-state index in [0.29, 0.717) is 29.9 Å². The predicted octanol–water partition coefficient (Wildman–Crippen LogP) is 4.77. The predicted molar refractivity (Wildman–Crippen MR) is 155 cm³/mol. The summed E-state index contributed by atoms with van der Waals surface area (Å²) in [5.74, 6) is -0.455. The molecular weight excluding hydrogens is 503 g/mol. The first-order valence-electron chi connectivity index (χ1n) is 13.3. The largest absolute Gasteiger partial charge is 0.620 e. The van der Waals surface area contributed by atoms with Gasteiger partial charge in [0.05, 0.1) is 23.7 Å². The van der Waals surface area contributed by atoms with Crippen molar-refractivity contribution in [2.75, 3.05) is 0 Å². The average molecular weight is 534 g/mol. The van der Waals surface area contributed by atoms with Gasteiger partial charge in [-0.1, -0.05) is 81.1 Å². The fourth-order valence-electron chi connectivity index (χ4n) is 4.85. The van der Waals surface area contributed by atoms with Gasteiger partial charge in [0, 0.05) is 23.5 Å². The number of nitrogens with zero attached hydrogens (tertiary/aromatic N) is 2. The summed E-state index contributed by atoms with van der Waals surface area (Å²) < 4.78 is 12.2. The van der Waals surface area contributed by atoms with Gasteiger partial charge in [-0.15, -0.1) is 0 Å². The van der Waals surface area contributed by atoms with Crippen molar-refractivity contribution in [1.29, 1.82) is 0 Å². The van der Waals surface area contributed by atoms with Crippen molar-refractivity contribution < 1.29 is 18.9 Å². The maximum atomic E-state index is 13.1. The summed E-state index contributed by atoms with van der Waals surface area (Å²) in [5, 5.41) is 8.31. The van der Waals surface area contributed by atoms with Gasteiger partial charge in [-0.25, -0.2) is 9.78 Å². The van der Waals surface area contributed by atoms with E-state index in [1.54, 1.807) is 6.07 Å². The Hall–Kier alpha value is -4.66. The highest BCUT2D eigenvalue weighted by atomic mass is 16.6. The summed E-state index contributed by atoms with van der Waals surface area (Å²) in [5.41, 5.74) is 2.20. The number of rotatable bonds is 10. The van der Waals surface area contributed by atoms with Gasteiger partial charge in [0.25, 0.3) is 5.91 Å². The van der Waals surface area contributed by atoms with Crippen LogP contribution in [0, 0.1) is 5.92 Å². The van der Waals surface area contributed by atoms with E-state index >= 15 is 0 Å². The third kappa shape index (κ3) is 6.15. The number of benzene rings is 3. The minimum Gasteiger partial charge on any atom is -0.523 e. The van der Waals surface area contributed by atoms with E-state index in [9.17, 15) is 9.59 Å². The zero-order valence-electron chi connectivity index (χ0n) is 22.5. The highest BCUT2D eigenvalue weighted by Crippen LogP contribution is 2.34. The topological polar surface area (TPSA) is 102 Å². The van der Waals surface area contributed by atoms with Crippen LogP contribution < -0.4 is 15.3 Å². The average Bonchev–Trinajstić information content (AvgIpc) is 2.97. The van der Waals surface area contributed by atoms with Crippen molar-refractivity contribution in [2.24, 2.45) is 5.92 Å². The van der Waals surface area contributed by atoms with E-state index in [1.807, 2.05) is 60.7 Å². The molecule has 3 aromatic carbocycles. The Labute approximate surface area is 234 Å². The van der Waals surface area contributed by atoms with Crippen LogP contribution in [0.4, 0.5) is 0 Å². The Kier molecular flexibility index (Phi) is 8.10. The van der Waals surface area contributed by atoms with E-state index in [-0.39, 0.29) is 17.5 Å². The number of aromatic nitrogens is 2. The summed E-state index contributed by atoms with van der Waals surface area (Å²) in [6.45, 7) is 8.47.